The first-order valence-corrected chi connectivity index (χ1v) is 7.09. The smallest absolute Gasteiger partial charge is 0.304 e. The molecule has 0 aliphatic carbocycles. The van der Waals surface area contributed by atoms with Crippen molar-refractivity contribution < 1.29 is 9.90 Å². The van der Waals surface area contributed by atoms with Gasteiger partial charge in [0, 0.05) is 21.6 Å². The van der Waals surface area contributed by atoms with E-state index in [1.54, 1.807) is 0 Å². The first-order chi connectivity index (χ1) is 9.47. The van der Waals surface area contributed by atoms with Gasteiger partial charge >= 0.3 is 5.97 Å². The van der Waals surface area contributed by atoms with Crippen molar-refractivity contribution in [1.29, 1.82) is 0 Å². The molecule has 1 heterocycles. The lowest BCUT2D eigenvalue weighted by Crippen LogP contribution is -2.08. The molecule has 0 aliphatic rings. The molecule has 1 aromatic carbocycles. The normalized spacial score (nSPS) is 12.2. The summed E-state index contributed by atoms with van der Waals surface area (Å²) >= 11 is 3.50. The SMILES string of the molecule is Cc1cc(-c2ccccc2Br)nc(C(C)CC(=O)O)n1. The van der Waals surface area contributed by atoms with E-state index in [1.807, 2.05) is 44.2 Å². The summed E-state index contributed by atoms with van der Waals surface area (Å²) < 4.78 is 0.954. The average molecular weight is 335 g/mol. The van der Waals surface area contributed by atoms with Gasteiger partial charge in [-0.3, -0.25) is 4.79 Å². The molecule has 0 fully saturated rings. The van der Waals surface area contributed by atoms with E-state index in [-0.39, 0.29) is 12.3 Å². The number of carbonyl (C=O) groups is 1. The highest BCUT2D eigenvalue weighted by Crippen LogP contribution is 2.28. The minimum absolute atomic E-state index is 0.0266. The minimum atomic E-state index is -0.843. The van der Waals surface area contributed by atoms with Gasteiger partial charge < -0.3 is 5.11 Å². The zero-order valence-corrected chi connectivity index (χ0v) is 12.9. The lowest BCUT2D eigenvalue weighted by atomic mass is 10.1. The van der Waals surface area contributed by atoms with Crippen LogP contribution in [-0.4, -0.2) is 21.0 Å². The summed E-state index contributed by atoms with van der Waals surface area (Å²) in [6.07, 6.45) is 0.0266. The highest BCUT2D eigenvalue weighted by Gasteiger charge is 2.15. The molecule has 0 bridgehead atoms. The van der Waals surface area contributed by atoms with E-state index in [0.717, 1.165) is 21.4 Å². The molecule has 1 aromatic heterocycles. The number of aromatic nitrogens is 2. The fourth-order valence-corrected chi connectivity index (χ4v) is 2.46. The Balaban J connectivity index is 2.44. The quantitative estimate of drug-likeness (QED) is 0.923. The van der Waals surface area contributed by atoms with Crippen molar-refractivity contribution in [1.82, 2.24) is 9.97 Å². The molecule has 4 nitrogen and oxygen atoms in total. The standard InChI is InChI=1S/C15H15BrN2O2/c1-9(7-14(19)20)15-17-10(2)8-13(18-15)11-5-3-4-6-12(11)16/h3-6,8-9H,7H2,1-2H3,(H,19,20). The molecule has 5 heteroatoms. The van der Waals surface area contributed by atoms with Crippen LogP contribution in [0.1, 0.15) is 30.8 Å². The van der Waals surface area contributed by atoms with Gasteiger partial charge in [0.25, 0.3) is 0 Å². The summed E-state index contributed by atoms with van der Waals surface area (Å²) in [5, 5.41) is 8.88. The van der Waals surface area contributed by atoms with Crippen LogP contribution in [0.25, 0.3) is 11.3 Å². The third kappa shape index (κ3) is 3.42. The molecule has 0 amide bonds. The van der Waals surface area contributed by atoms with Crippen molar-refractivity contribution in [3.05, 3.63) is 46.3 Å². The average Bonchev–Trinajstić information content (AvgIpc) is 2.37. The van der Waals surface area contributed by atoms with Crippen molar-refractivity contribution in [3.63, 3.8) is 0 Å². The Morgan fingerprint density at radius 1 is 1.35 bits per heavy atom. The molecule has 0 aliphatic heterocycles. The molecule has 0 spiro atoms. The number of carboxylic acids is 1. The van der Waals surface area contributed by atoms with E-state index in [1.165, 1.54) is 0 Å². The number of nitrogens with zero attached hydrogens (tertiary/aromatic N) is 2. The Kier molecular flexibility index (Phi) is 4.49. The molecule has 0 saturated heterocycles. The summed E-state index contributed by atoms with van der Waals surface area (Å²) in [5.41, 5.74) is 2.61. The molecule has 1 atom stereocenters. The first kappa shape index (κ1) is 14.7. The van der Waals surface area contributed by atoms with Crippen LogP contribution in [-0.2, 0) is 4.79 Å². The molecule has 2 aromatic rings. The van der Waals surface area contributed by atoms with Crippen LogP contribution in [0.4, 0.5) is 0 Å². The summed E-state index contributed by atoms with van der Waals surface area (Å²) in [6, 6.07) is 9.70. The predicted octanol–water partition coefficient (Wildman–Crippen LogP) is 3.79. The molecule has 20 heavy (non-hydrogen) atoms. The van der Waals surface area contributed by atoms with E-state index in [2.05, 4.69) is 25.9 Å². The van der Waals surface area contributed by atoms with Gasteiger partial charge in [0.1, 0.15) is 5.82 Å². The third-order valence-corrected chi connectivity index (χ3v) is 3.63. The van der Waals surface area contributed by atoms with Gasteiger partial charge in [-0.05, 0) is 19.1 Å². The molecule has 104 valence electrons. The van der Waals surface area contributed by atoms with E-state index in [4.69, 9.17) is 5.11 Å². The van der Waals surface area contributed by atoms with Gasteiger partial charge in [-0.25, -0.2) is 9.97 Å². The maximum absolute atomic E-state index is 10.8. The van der Waals surface area contributed by atoms with Crippen LogP contribution < -0.4 is 0 Å². The fourth-order valence-electron chi connectivity index (χ4n) is 1.97. The number of carboxylic acid groups (broad SMARTS) is 1. The number of hydrogen-bond donors (Lipinski definition) is 1. The van der Waals surface area contributed by atoms with Gasteiger partial charge in [-0.2, -0.15) is 0 Å². The van der Waals surface area contributed by atoms with E-state index >= 15 is 0 Å². The highest BCUT2D eigenvalue weighted by molar-refractivity contribution is 9.10. The Labute approximate surface area is 126 Å². The van der Waals surface area contributed by atoms with Gasteiger partial charge in [-0.15, -0.1) is 0 Å². The van der Waals surface area contributed by atoms with Crippen LogP contribution >= 0.6 is 15.9 Å². The van der Waals surface area contributed by atoms with Crippen LogP contribution in [0.5, 0.6) is 0 Å². The van der Waals surface area contributed by atoms with Crippen molar-refractivity contribution >= 4 is 21.9 Å². The molecule has 1 unspecified atom stereocenters. The Morgan fingerprint density at radius 3 is 2.70 bits per heavy atom. The largest absolute Gasteiger partial charge is 0.481 e. The van der Waals surface area contributed by atoms with Crippen molar-refractivity contribution in [2.75, 3.05) is 0 Å². The number of benzene rings is 1. The highest BCUT2D eigenvalue weighted by atomic mass is 79.9. The van der Waals surface area contributed by atoms with E-state index in [9.17, 15) is 4.79 Å². The Bertz CT molecular complexity index is 644. The number of aliphatic carboxylic acids is 1. The van der Waals surface area contributed by atoms with Gasteiger partial charge in [0.05, 0.1) is 12.1 Å². The predicted molar refractivity (Wildman–Crippen MR) is 80.6 cm³/mol. The number of hydrogen-bond acceptors (Lipinski definition) is 3. The van der Waals surface area contributed by atoms with Gasteiger partial charge in [-0.1, -0.05) is 41.1 Å². The number of rotatable bonds is 4. The molecule has 1 N–H and O–H groups in total. The molecule has 0 saturated carbocycles. The molecular formula is C15H15BrN2O2. The summed E-state index contributed by atoms with van der Waals surface area (Å²) in [5.74, 6) is -0.489. The lowest BCUT2D eigenvalue weighted by molar-refractivity contribution is -0.137. The van der Waals surface area contributed by atoms with E-state index < -0.39 is 5.97 Å². The molecule has 2 rings (SSSR count). The third-order valence-electron chi connectivity index (χ3n) is 2.94. The fraction of sp³-hybridized carbons (Fsp3) is 0.267. The van der Waals surface area contributed by atoms with Gasteiger partial charge in [0.2, 0.25) is 0 Å². The maximum atomic E-state index is 10.8. The van der Waals surface area contributed by atoms with Crippen molar-refractivity contribution in [2.24, 2.45) is 0 Å². The van der Waals surface area contributed by atoms with Crippen LogP contribution in [0.3, 0.4) is 0 Å². The number of aryl methyl sites for hydroxylation is 1. The van der Waals surface area contributed by atoms with Crippen molar-refractivity contribution in [3.8, 4) is 11.3 Å². The summed E-state index contributed by atoms with van der Waals surface area (Å²) in [7, 11) is 0. The second kappa shape index (κ2) is 6.13. The van der Waals surface area contributed by atoms with Crippen molar-refractivity contribution in [2.45, 2.75) is 26.2 Å². The summed E-state index contributed by atoms with van der Waals surface area (Å²) in [6.45, 7) is 3.71. The summed E-state index contributed by atoms with van der Waals surface area (Å²) in [4.78, 5) is 19.7. The van der Waals surface area contributed by atoms with Crippen LogP contribution in [0.15, 0.2) is 34.8 Å². The van der Waals surface area contributed by atoms with Crippen LogP contribution in [0, 0.1) is 6.92 Å². The molecular weight excluding hydrogens is 320 g/mol. The topological polar surface area (TPSA) is 63.1 Å². The Hall–Kier alpha value is -1.75. The number of halogens is 1. The second-order valence-corrected chi connectivity index (χ2v) is 5.59. The lowest BCUT2D eigenvalue weighted by Gasteiger charge is -2.11. The Morgan fingerprint density at radius 2 is 2.05 bits per heavy atom. The van der Waals surface area contributed by atoms with Crippen LogP contribution in [0.2, 0.25) is 0 Å². The minimum Gasteiger partial charge on any atom is -0.481 e. The van der Waals surface area contributed by atoms with E-state index in [0.29, 0.717) is 5.82 Å². The maximum Gasteiger partial charge on any atom is 0.304 e. The zero-order valence-electron chi connectivity index (χ0n) is 11.3. The van der Waals surface area contributed by atoms with Gasteiger partial charge in [0.15, 0.2) is 0 Å². The first-order valence-electron chi connectivity index (χ1n) is 6.29. The molecule has 0 radical (unpaired) electrons. The zero-order chi connectivity index (χ0) is 14.7. The second-order valence-electron chi connectivity index (χ2n) is 4.73. The monoisotopic (exact) mass is 334 g/mol.